The van der Waals surface area contributed by atoms with Gasteiger partial charge < -0.3 is 15.4 Å². The van der Waals surface area contributed by atoms with Crippen LogP contribution in [0.5, 0.6) is 0 Å². The van der Waals surface area contributed by atoms with Gasteiger partial charge in [-0.2, -0.15) is 5.10 Å². The Labute approximate surface area is 272 Å². The number of nitrogens with one attached hydrogen (secondary N) is 2. The molecule has 0 saturated carbocycles. The van der Waals surface area contributed by atoms with E-state index in [4.69, 9.17) is 4.74 Å². The lowest BCUT2D eigenvalue weighted by molar-refractivity contribution is -0.116. The molecule has 2 aromatic carbocycles. The molecule has 0 unspecified atom stereocenters. The number of benzene rings is 2. The second-order valence-corrected chi connectivity index (χ2v) is 13.5. The zero-order valence-electron chi connectivity index (χ0n) is 26.6. The van der Waals surface area contributed by atoms with Crippen LogP contribution in [0.2, 0.25) is 0 Å². The van der Waals surface area contributed by atoms with Gasteiger partial charge in [-0.05, 0) is 81.3 Å². The second-order valence-electron chi connectivity index (χ2n) is 12.4. The highest BCUT2D eigenvalue weighted by Gasteiger charge is 2.29. The summed E-state index contributed by atoms with van der Waals surface area (Å²) in [6.45, 7) is 8.40. The van der Waals surface area contributed by atoms with E-state index in [9.17, 15) is 14.4 Å². The van der Waals surface area contributed by atoms with Gasteiger partial charge in [-0.25, -0.2) is 4.79 Å². The van der Waals surface area contributed by atoms with Gasteiger partial charge in [0.2, 0.25) is 16.9 Å². The fraction of sp³-hybridized carbons (Fsp3) is 0.382. The van der Waals surface area contributed by atoms with Gasteiger partial charge in [0.25, 0.3) is 0 Å². The van der Waals surface area contributed by atoms with Crippen molar-refractivity contribution < 1.29 is 19.1 Å². The summed E-state index contributed by atoms with van der Waals surface area (Å²) in [6.07, 6.45) is 3.37. The van der Waals surface area contributed by atoms with E-state index in [1.165, 1.54) is 11.3 Å². The summed E-state index contributed by atoms with van der Waals surface area (Å²) < 4.78 is 5.52. The van der Waals surface area contributed by atoms with Crippen LogP contribution in [-0.4, -0.2) is 48.8 Å². The number of ether oxygens (including phenoxy) is 1. The summed E-state index contributed by atoms with van der Waals surface area (Å²) in [5.41, 5.74) is 5.23. The largest absolute Gasteiger partial charge is 0.444 e. The van der Waals surface area contributed by atoms with Crippen LogP contribution in [0.15, 0.2) is 54.6 Å². The van der Waals surface area contributed by atoms with Crippen LogP contribution in [0, 0.1) is 6.92 Å². The SMILES string of the molecule is Cc1cccc(CC(=O)Nc2nnc(CCCCc3ccc(NC(=O)Cc4cccc5c4CN(C(=O)OC(C)(C)C)C5)nn3)s2)c1. The van der Waals surface area contributed by atoms with E-state index in [1.807, 2.05) is 76.2 Å². The lowest BCUT2D eigenvalue weighted by Crippen LogP contribution is -2.33. The molecule has 0 aliphatic carbocycles. The molecule has 0 radical (unpaired) electrons. The van der Waals surface area contributed by atoms with Gasteiger partial charge in [-0.15, -0.1) is 15.3 Å². The summed E-state index contributed by atoms with van der Waals surface area (Å²) in [5, 5.41) is 23.8. The lowest BCUT2D eigenvalue weighted by atomic mass is 10.0. The topological polar surface area (TPSA) is 139 Å². The first-order valence-electron chi connectivity index (χ1n) is 15.4. The molecule has 3 heterocycles. The standard InChI is InChI=1S/C34H39N7O4S/c1-22-9-7-10-23(17-22)18-29(42)36-32-40-39-31(46-32)14-6-5-13-26-15-16-28(38-37-26)35-30(43)19-24-11-8-12-25-20-41(21-27(24)25)33(44)45-34(2,3)4/h7-12,15-17H,5-6,13-14,18-21H2,1-4H3,(H,35,38,43)(H,36,40,42). The van der Waals surface area contributed by atoms with Crippen LogP contribution in [0.25, 0.3) is 0 Å². The average molecular weight is 642 g/mol. The van der Waals surface area contributed by atoms with Crippen LogP contribution in [0.4, 0.5) is 15.7 Å². The Balaban J connectivity index is 1.03. The van der Waals surface area contributed by atoms with Crippen molar-refractivity contribution in [2.24, 2.45) is 0 Å². The third-order valence-corrected chi connectivity index (χ3v) is 8.20. The molecular weight excluding hydrogens is 602 g/mol. The molecule has 0 saturated heterocycles. The zero-order valence-corrected chi connectivity index (χ0v) is 27.4. The second kappa shape index (κ2) is 14.6. The summed E-state index contributed by atoms with van der Waals surface area (Å²) in [7, 11) is 0. The number of amides is 3. The van der Waals surface area contributed by atoms with Crippen LogP contribution in [0.3, 0.4) is 0 Å². The number of carbonyl (C=O) groups excluding carboxylic acids is 3. The number of anilines is 2. The minimum absolute atomic E-state index is 0.110. The maximum absolute atomic E-state index is 12.9. The molecule has 0 atom stereocenters. The molecule has 2 N–H and O–H groups in total. The van der Waals surface area contributed by atoms with E-state index in [0.29, 0.717) is 30.5 Å². The van der Waals surface area contributed by atoms with Crippen LogP contribution < -0.4 is 10.6 Å². The van der Waals surface area contributed by atoms with Gasteiger partial charge in [-0.3, -0.25) is 14.5 Å². The van der Waals surface area contributed by atoms with E-state index in [1.54, 1.807) is 11.0 Å². The Bertz CT molecular complexity index is 1700. The van der Waals surface area contributed by atoms with Crippen molar-refractivity contribution in [1.29, 1.82) is 0 Å². The zero-order chi connectivity index (χ0) is 32.7. The molecule has 11 nitrogen and oxygen atoms in total. The number of unbranched alkanes of at least 4 members (excludes halogenated alkanes) is 1. The maximum atomic E-state index is 12.9. The van der Waals surface area contributed by atoms with Crippen molar-refractivity contribution in [1.82, 2.24) is 25.3 Å². The summed E-state index contributed by atoms with van der Waals surface area (Å²) in [6, 6.07) is 17.3. The van der Waals surface area contributed by atoms with Crippen molar-refractivity contribution in [2.75, 3.05) is 10.6 Å². The molecule has 0 fully saturated rings. The number of rotatable bonds is 11. The average Bonchev–Trinajstić information content (AvgIpc) is 3.63. The number of aryl methyl sites for hydroxylation is 3. The van der Waals surface area contributed by atoms with Crippen LogP contribution in [-0.2, 0) is 53.1 Å². The van der Waals surface area contributed by atoms with Crippen molar-refractivity contribution in [3.8, 4) is 0 Å². The first kappa shape index (κ1) is 32.7. The summed E-state index contributed by atoms with van der Waals surface area (Å²) in [4.78, 5) is 39.4. The lowest BCUT2D eigenvalue weighted by Gasteiger charge is -2.24. The number of hydrogen-bond acceptors (Lipinski definition) is 9. The maximum Gasteiger partial charge on any atom is 0.410 e. The highest BCUT2D eigenvalue weighted by Crippen LogP contribution is 2.28. The number of carbonyl (C=O) groups is 3. The smallest absolute Gasteiger partial charge is 0.410 e. The van der Waals surface area contributed by atoms with Crippen molar-refractivity contribution in [3.63, 3.8) is 0 Å². The first-order valence-corrected chi connectivity index (χ1v) is 16.2. The van der Waals surface area contributed by atoms with E-state index in [0.717, 1.165) is 64.2 Å². The quantitative estimate of drug-likeness (QED) is 0.196. The van der Waals surface area contributed by atoms with E-state index < -0.39 is 5.60 Å². The molecule has 46 heavy (non-hydrogen) atoms. The Morgan fingerprint density at radius 2 is 1.65 bits per heavy atom. The fourth-order valence-corrected chi connectivity index (χ4v) is 5.99. The predicted octanol–water partition coefficient (Wildman–Crippen LogP) is 5.82. The van der Waals surface area contributed by atoms with Gasteiger partial charge >= 0.3 is 6.09 Å². The number of hydrogen-bond donors (Lipinski definition) is 2. The molecule has 1 aliphatic rings. The van der Waals surface area contributed by atoms with Gasteiger partial charge in [-0.1, -0.05) is 59.4 Å². The van der Waals surface area contributed by atoms with E-state index in [-0.39, 0.29) is 24.3 Å². The Hall–Kier alpha value is -4.71. The van der Waals surface area contributed by atoms with Crippen molar-refractivity contribution in [3.05, 3.63) is 93.1 Å². The Kier molecular flexibility index (Phi) is 10.4. The number of aromatic nitrogens is 4. The van der Waals surface area contributed by atoms with Gasteiger partial charge in [0.1, 0.15) is 10.6 Å². The third kappa shape index (κ3) is 9.40. The monoisotopic (exact) mass is 641 g/mol. The molecule has 0 bridgehead atoms. The molecule has 1 aliphatic heterocycles. The molecule has 4 aromatic rings. The fourth-order valence-electron chi connectivity index (χ4n) is 5.19. The molecule has 5 rings (SSSR count). The Morgan fingerprint density at radius 1 is 0.870 bits per heavy atom. The first-order chi connectivity index (χ1) is 22.0. The molecule has 3 amide bonds. The predicted molar refractivity (Wildman–Crippen MR) is 176 cm³/mol. The third-order valence-electron chi connectivity index (χ3n) is 7.30. The molecule has 0 spiro atoms. The van der Waals surface area contributed by atoms with Crippen LogP contribution in [0.1, 0.15) is 72.1 Å². The van der Waals surface area contributed by atoms with Crippen molar-refractivity contribution >= 4 is 40.2 Å². The molecule has 12 heteroatoms. The minimum Gasteiger partial charge on any atom is -0.444 e. The molecule has 2 aromatic heterocycles. The number of nitrogens with zero attached hydrogens (tertiary/aromatic N) is 5. The molecular formula is C34H39N7O4S. The van der Waals surface area contributed by atoms with Gasteiger partial charge in [0.05, 0.1) is 18.5 Å². The highest BCUT2D eigenvalue weighted by atomic mass is 32.1. The highest BCUT2D eigenvalue weighted by molar-refractivity contribution is 7.15. The summed E-state index contributed by atoms with van der Waals surface area (Å²) >= 11 is 1.39. The summed E-state index contributed by atoms with van der Waals surface area (Å²) in [5.74, 6) is 0.0817. The normalized spacial score (nSPS) is 12.5. The molecule has 240 valence electrons. The van der Waals surface area contributed by atoms with Gasteiger partial charge in [0.15, 0.2) is 5.82 Å². The van der Waals surface area contributed by atoms with E-state index >= 15 is 0 Å². The van der Waals surface area contributed by atoms with Gasteiger partial charge in [0, 0.05) is 19.5 Å². The van der Waals surface area contributed by atoms with Crippen molar-refractivity contribution in [2.45, 2.75) is 84.9 Å². The number of fused-ring (bicyclic) bond motifs is 1. The Morgan fingerprint density at radius 3 is 2.41 bits per heavy atom. The minimum atomic E-state index is -0.571. The van der Waals surface area contributed by atoms with Crippen LogP contribution >= 0.6 is 11.3 Å². The van der Waals surface area contributed by atoms with E-state index in [2.05, 4.69) is 31.0 Å².